The molecule has 0 spiro atoms. The maximum Gasteiger partial charge on any atom is 0.165 e. The van der Waals surface area contributed by atoms with Gasteiger partial charge in [0.2, 0.25) is 0 Å². The Bertz CT molecular complexity index is 589. The number of nitrogens with two attached hydrogens (primary N) is 1. The van der Waals surface area contributed by atoms with Crippen LogP contribution in [0.3, 0.4) is 0 Å². The predicted molar refractivity (Wildman–Crippen MR) is 70.9 cm³/mol. The molecule has 0 fully saturated rings. The molecule has 2 rings (SSSR count). The van der Waals surface area contributed by atoms with Crippen LogP contribution in [0, 0.1) is 5.82 Å². The molecule has 0 unspecified atom stereocenters. The van der Waals surface area contributed by atoms with Gasteiger partial charge in [-0.25, -0.2) is 20.2 Å². The first-order chi connectivity index (χ1) is 9.13. The van der Waals surface area contributed by atoms with Crippen molar-refractivity contribution >= 4 is 5.82 Å². The molecule has 0 aliphatic carbocycles. The van der Waals surface area contributed by atoms with Crippen LogP contribution in [0.1, 0.15) is 19.0 Å². The van der Waals surface area contributed by atoms with Crippen LogP contribution in [0.5, 0.6) is 5.75 Å². The highest BCUT2D eigenvalue weighted by atomic mass is 19.1. The summed E-state index contributed by atoms with van der Waals surface area (Å²) in [6, 6.07) is 5.78. The standard InChI is InChI=1S/C13H15FN4O/c1-2-3-9-7-12(18-15)17-13(16-9)8-4-5-11(19)10(14)6-8/h4-7,19H,2-3,15H2,1H3,(H,16,17,18). The Hall–Kier alpha value is -2.21. The molecule has 0 saturated heterocycles. The van der Waals surface area contributed by atoms with Gasteiger partial charge in [0.1, 0.15) is 5.82 Å². The topological polar surface area (TPSA) is 84.1 Å². The van der Waals surface area contributed by atoms with Crippen molar-refractivity contribution in [3.05, 3.63) is 35.8 Å². The fourth-order valence-corrected chi connectivity index (χ4v) is 1.73. The minimum absolute atomic E-state index is 0.373. The minimum Gasteiger partial charge on any atom is -0.505 e. The van der Waals surface area contributed by atoms with Crippen molar-refractivity contribution in [1.29, 1.82) is 0 Å². The number of hydrogen-bond donors (Lipinski definition) is 3. The number of anilines is 1. The van der Waals surface area contributed by atoms with Crippen molar-refractivity contribution in [2.75, 3.05) is 5.43 Å². The molecule has 0 amide bonds. The highest BCUT2D eigenvalue weighted by Gasteiger charge is 2.09. The van der Waals surface area contributed by atoms with Crippen molar-refractivity contribution in [3.8, 4) is 17.1 Å². The first-order valence-electron chi connectivity index (χ1n) is 5.97. The van der Waals surface area contributed by atoms with Gasteiger partial charge in [-0.1, -0.05) is 13.3 Å². The summed E-state index contributed by atoms with van der Waals surface area (Å²) in [5.41, 5.74) is 3.79. The molecule has 1 aromatic heterocycles. The summed E-state index contributed by atoms with van der Waals surface area (Å²) in [5.74, 6) is 5.11. The summed E-state index contributed by atoms with van der Waals surface area (Å²) in [5, 5.41) is 9.18. The van der Waals surface area contributed by atoms with E-state index in [0.717, 1.165) is 18.5 Å². The molecule has 0 atom stereocenters. The van der Waals surface area contributed by atoms with Crippen LogP contribution in [-0.2, 0) is 6.42 Å². The zero-order valence-electron chi connectivity index (χ0n) is 10.5. The highest BCUT2D eigenvalue weighted by Crippen LogP contribution is 2.23. The Labute approximate surface area is 110 Å². The van der Waals surface area contributed by atoms with Crippen molar-refractivity contribution in [3.63, 3.8) is 0 Å². The minimum atomic E-state index is -0.704. The molecule has 0 bridgehead atoms. The zero-order valence-corrected chi connectivity index (χ0v) is 10.5. The van der Waals surface area contributed by atoms with Crippen molar-refractivity contribution < 1.29 is 9.50 Å². The number of aryl methyl sites for hydroxylation is 1. The molecule has 6 heteroatoms. The van der Waals surface area contributed by atoms with Gasteiger partial charge in [0, 0.05) is 17.3 Å². The third-order valence-corrected chi connectivity index (χ3v) is 2.64. The summed E-state index contributed by atoms with van der Waals surface area (Å²) < 4.78 is 13.4. The van der Waals surface area contributed by atoms with E-state index in [1.165, 1.54) is 12.1 Å². The molecule has 1 aromatic carbocycles. The third kappa shape index (κ3) is 2.97. The van der Waals surface area contributed by atoms with Crippen LogP contribution in [-0.4, -0.2) is 15.1 Å². The van der Waals surface area contributed by atoms with E-state index in [1.807, 2.05) is 6.92 Å². The van der Waals surface area contributed by atoms with Gasteiger partial charge < -0.3 is 10.5 Å². The molecular weight excluding hydrogens is 247 g/mol. The molecule has 5 nitrogen and oxygen atoms in total. The summed E-state index contributed by atoms with van der Waals surface area (Å²) in [6.07, 6.45) is 1.72. The van der Waals surface area contributed by atoms with E-state index >= 15 is 0 Å². The van der Waals surface area contributed by atoms with E-state index in [4.69, 9.17) is 5.84 Å². The number of benzene rings is 1. The van der Waals surface area contributed by atoms with E-state index in [9.17, 15) is 9.50 Å². The maximum absolute atomic E-state index is 13.4. The van der Waals surface area contributed by atoms with Crippen LogP contribution < -0.4 is 11.3 Å². The lowest BCUT2D eigenvalue weighted by molar-refractivity contribution is 0.432. The Balaban J connectivity index is 2.47. The van der Waals surface area contributed by atoms with Crippen LogP contribution in [0.4, 0.5) is 10.2 Å². The molecule has 0 aliphatic heterocycles. The molecule has 100 valence electrons. The van der Waals surface area contributed by atoms with Crippen LogP contribution >= 0.6 is 0 Å². The van der Waals surface area contributed by atoms with E-state index in [1.54, 1.807) is 12.1 Å². The number of halogens is 1. The fourth-order valence-electron chi connectivity index (χ4n) is 1.73. The fraction of sp³-hybridized carbons (Fsp3) is 0.231. The van der Waals surface area contributed by atoms with E-state index in [0.29, 0.717) is 17.2 Å². The lowest BCUT2D eigenvalue weighted by atomic mass is 10.1. The number of rotatable bonds is 4. The second-order valence-corrected chi connectivity index (χ2v) is 4.13. The monoisotopic (exact) mass is 262 g/mol. The number of hydrazine groups is 1. The van der Waals surface area contributed by atoms with Crippen LogP contribution in [0.25, 0.3) is 11.4 Å². The molecule has 2 aromatic rings. The van der Waals surface area contributed by atoms with Gasteiger partial charge >= 0.3 is 0 Å². The number of phenols is 1. The smallest absolute Gasteiger partial charge is 0.165 e. The van der Waals surface area contributed by atoms with Crippen molar-refractivity contribution in [2.45, 2.75) is 19.8 Å². The molecule has 0 saturated carbocycles. The first-order valence-corrected chi connectivity index (χ1v) is 5.97. The molecule has 0 aliphatic rings. The largest absolute Gasteiger partial charge is 0.505 e. The Morgan fingerprint density at radius 3 is 2.74 bits per heavy atom. The van der Waals surface area contributed by atoms with Crippen LogP contribution in [0.15, 0.2) is 24.3 Å². The quantitative estimate of drug-likeness (QED) is 0.581. The molecule has 1 heterocycles. The number of hydrogen-bond acceptors (Lipinski definition) is 5. The summed E-state index contributed by atoms with van der Waals surface area (Å²) in [4.78, 5) is 8.54. The average molecular weight is 262 g/mol. The number of nitrogen functional groups attached to an aromatic ring is 1. The van der Waals surface area contributed by atoms with E-state index in [-0.39, 0.29) is 0 Å². The molecule has 4 N–H and O–H groups in total. The molecular formula is C13H15FN4O. The second kappa shape index (κ2) is 5.62. The molecule has 0 radical (unpaired) electrons. The summed E-state index contributed by atoms with van der Waals surface area (Å²) >= 11 is 0. The SMILES string of the molecule is CCCc1cc(NN)nc(-c2ccc(O)c(F)c2)n1. The van der Waals surface area contributed by atoms with Crippen molar-refractivity contribution in [1.82, 2.24) is 9.97 Å². The second-order valence-electron chi connectivity index (χ2n) is 4.13. The lowest BCUT2D eigenvalue weighted by Crippen LogP contribution is -2.10. The Morgan fingerprint density at radius 2 is 2.11 bits per heavy atom. The Morgan fingerprint density at radius 1 is 1.32 bits per heavy atom. The average Bonchev–Trinajstić information content (AvgIpc) is 2.42. The van der Waals surface area contributed by atoms with E-state index < -0.39 is 11.6 Å². The van der Waals surface area contributed by atoms with Gasteiger partial charge in [-0.2, -0.15) is 0 Å². The number of phenolic OH excluding ortho intramolecular Hbond substituents is 1. The summed E-state index contributed by atoms with van der Waals surface area (Å²) in [6.45, 7) is 2.04. The van der Waals surface area contributed by atoms with Gasteiger partial charge in [0.05, 0.1) is 0 Å². The molecule has 19 heavy (non-hydrogen) atoms. The lowest BCUT2D eigenvalue weighted by Gasteiger charge is -2.07. The van der Waals surface area contributed by atoms with Gasteiger partial charge in [-0.3, -0.25) is 0 Å². The van der Waals surface area contributed by atoms with Gasteiger partial charge in [-0.05, 0) is 24.6 Å². The highest BCUT2D eigenvalue weighted by molar-refractivity contribution is 5.58. The van der Waals surface area contributed by atoms with Crippen LogP contribution in [0.2, 0.25) is 0 Å². The first kappa shape index (κ1) is 13.2. The maximum atomic E-state index is 13.4. The number of nitrogens with one attached hydrogen (secondary N) is 1. The predicted octanol–water partition coefficient (Wildman–Crippen LogP) is 2.23. The number of aromatic nitrogens is 2. The third-order valence-electron chi connectivity index (χ3n) is 2.64. The number of nitrogens with zero attached hydrogens (tertiary/aromatic N) is 2. The van der Waals surface area contributed by atoms with Gasteiger partial charge in [-0.15, -0.1) is 0 Å². The van der Waals surface area contributed by atoms with Gasteiger partial charge in [0.15, 0.2) is 17.4 Å². The summed E-state index contributed by atoms with van der Waals surface area (Å²) in [7, 11) is 0. The number of aromatic hydroxyl groups is 1. The van der Waals surface area contributed by atoms with Gasteiger partial charge in [0.25, 0.3) is 0 Å². The normalized spacial score (nSPS) is 10.5. The van der Waals surface area contributed by atoms with Crippen molar-refractivity contribution in [2.24, 2.45) is 5.84 Å². The Kier molecular flexibility index (Phi) is 3.91. The zero-order chi connectivity index (χ0) is 13.8. The van der Waals surface area contributed by atoms with E-state index in [2.05, 4.69) is 15.4 Å².